The Morgan fingerprint density at radius 3 is 2.60 bits per heavy atom. The largest absolute Gasteiger partial charge is 0.402 e. The van der Waals surface area contributed by atoms with E-state index in [4.69, 9.17) is 5.73 Å². The summed E-state index contributed by atoms with van der Waals surface area (Å²) in [6.45, 7) is 0.395. The average Bonchev–Trinajstić information content (AvgIpc) is 2.81. The summed E-state index contributed by atoms with van der Waals surface area (Å²) in [5.41, 5.74) is 5.32. The number of hydrogen-bond acceptors (Lipinski definition) is 4. The highest BCUT2D eigenvalue weighted by Gasteiger charge is 2.36. The highest BCUT2D eigenvalue weighted by molar-refractivity contribution is 7.89. The zero-order valence-electron chi connectivity index (χ0n) is 11.0. The fraction of sp³-hybridized carbons (Fsp3) is 0.700. The molecule has 0 bridgehead atoms. The Morgan fingerprint density at radius 1 is 1.45 bits per heavy atom. The van der Waals surface area contributed by atoms with Crippen molar-refractivity contribution in [3.63, 3.8) is 0 Å². The highest BCUT2D eigenvalue weighted by atomic mass is 32.2. The second kappa shape index (κ2) is 6.55. The molecule has 0 atom stereocenters. The molecule has 0 aromatic carbocycles. The molecule has 0 aliphatic rings. The van der Waals surface area contributed by atoms with Crippen molar-refractivity contribution in [3.05, 3.63) is 12.4 Å². The molecule has 0 unspecified atom stereocenters. The molecule has 0 aliphatic carbocycles. The lowest BCUT2D eigenvalue weighted by Gasteiger charge is -2.20. The topological polar surface area (TPSA) is 81.2 Å². The number of nitrogens with zero attached hydrogens (tertiary/aromatic N) is 3. The minimum absolute atomic E-state index is 0.249. The van der Waals surface area contributed by atoms with Crippen molar-refractivity contribution in [3.8, 4) is 0 Å². The van der Waals surface area contributed by atoms with Crippen LogP contribution in [0.25, 0.3) is 0 Å². The third-order valence-corrected chi connectivity index (χ3v) is 4.42. The number of nitrogens with two attached hydrogens (primary N) is 1. The number of rotatable bonds is 7. The quantitative estimate of drug-likeness (QED) is 0.807. The minimum atomic E-state index is -4.58. The summed E-state index contributed by atoms with van der Waals surface area (Å²) in [5.74, 6) is 0. The molecule has 1 aromatic heterocycles. The van der Waals surface area contributed by atoms with Crippen molar-refractivity contribution in [2.24, 2.45) is 5.73 Å². The van der Waals surface area contributed by atoms with Crippen LogP contribution >= 0.6 is 0 Å². The first-order valence-corrected chi connectivity index (χ1v) is 7.44. The molecule has 0 spiro atoms. The minimum Gasteiger partial charge on any atom is -0.330 e. The zero-order chi connectivity index (χ0) is 15.4. The van der Waals surface area contributed by atoms with Gasteiger partial charge in [0.15, 0.2) is 0 Å². The number of aryl methyl sites for hydroxylation is 1. The molecule has 10 heteroatoms. The Bertz CT molecular complexity index is 527. The van der Waals surface area contributed by atoms with Crippen LogP contribution in [-0.2, 0) is 16.6 Å². The fourth-order valence-corrected chi connectivity index (χ4v) is 2.96. The van der Waals surface area contributed by atoms with Gasteiger partial charge < -0.3 is 5.73 Å². The van der Waals surface area contributed by atoms with Crippen LogP contribution in [0.15, 0.2) is 17.3 Å². The van der Waals surface area contributed by atoms with E-state index in [0.717, 1.165) is 6.20 Å². The number of halogens is 3. The SMILES string of the molecule is CCN(CC(F)(F)F)S(=O)(=O)c1cnn(CCCN)c1. The molecule has 0 saturated heterocycles. The van der Waals surface area contributed by atoms with Crippen LogP contribution in [0.5, 0.6) is 0 Å². The van der Waals surface area contributed by atoms with Crippen LogP contribution in [0.2, 0.25) is 0 Å². The average molecular weight is 314 g/mol. The van der Waals surface area contributed by atoms with Gasteiger partial charge in [-0.1, -0.05) is 6.92 Å². The standard InChI is InChI=1S/C10H17F3N4O2S/c1-2-17(8-10(11,12)13)20(18,19)9-6-15-16(7-9)5-3-4-14/h6-7H,2-5,8,14H2,1H3. The normalized spacial score (nSPS) is 13.1. The van der Waals surface area contributed by atoms with E-state index in [9.17, 15) is 21.6 Å². The first kappa shape index (κ1) is 16.9. The lowest BCUT2D eigenvalue weighted by Crippen LogP contribution is -2.38. The summed E-state index contributed by atoms with van der Waals surface area (Å²) in [4.78, 5) is -0.249. The molecule has 0 saturated carbocycles. The highest BCUT2D eigenvalue weighted by Crippen LogP contribution is 2.22. The second-order valence-corrected chi connectivity index (χ2v) is 6.07. The monoisotopic (exact) mass is 314 g/mol. The van der Waals surface area contributed by atoms with Gasteiger partial charge in [0, 0.05) is 19.3 Å². The second-order valence-electron chi connectivity index (χ2n) is 4.13. The number of alkyl halides is 3. The van der Waals surface area contributed by atoms with E-state index in [1.807, 2.05) is 0 Å². The summed E-state index contributed by atoms with van der Waals surface area (Å²) >= 11 is 0. The van der Waals surface area contributed by atoms with Crippen LogP contribution in [0, 0.1) is 0 Å². The molecule has 6 nitrogen and oxygen atoms in total. The smallest absolute Gasteiger partial charge is 0.330 e. The summed E-state index contributed by atoms with van der Waals surface area (Å²) < 4.78 is 63.0. The Balaban J connectivity index is 2.93. The third-order valence-electron chi connectivity index (χ3n) is 2.55. The van der Waals surface area contributed by atoms with Crippen LogP contribution in [-0.4, -0.2) is 48.3 Å². The molecule has 116 valence electrons. The number of sulfonamides is 1. The van der Waals surface area contributed by atoms with Gasteiger partial charge in [0.25, 0.3) is 0 Å². The van der Waals surface area contributed by atoms with Crippen LogP contribution in [0.1, 0.15) is 13.3 Å². The van der Waals surface area contributed by atoms with Crippen LogP contribution < -0.4 is 5.73 Å². The molecule has 20 heavy (non-hydrogen) atoms. The molecule has 1 rings (SSSR count). The summed E-state index contributed by atoms with van der Waals surface area (Å²) in [6, 6.07) is 0. The lowest BCUT2D eigenvalue weighted by molar-refractivity contribution is -0.135. The number of aromatic nitrogens is 2. The summed E-state index contributed by atoms with van der Waals surface area (Å²) in [5, 5.41) is 3.81. The molecular formula is C10H17F3N4O2S. The first-order valence-electron chi connectivity index (χ1n) is 6.00. The maximum absolute atomic E-state index is 12.4. The molecule has 0 radical (unpaired) electrons. The predicted octanol–water partition coefficient (Wildman–Crippen LogP) is 0.805. The van der Waals surface area contributed by atoms with Gasteiger partial charge >= 0.3 is 6.18 Å². The van der Waals surface area contributed by atoms with E-state index >= 15 is 0 Å². The van der Waals surface area contributed by atoms with E-state index in [1.165, 1.54) is 17.8 Å². The van der Waals surface area contributed by atoms with Gasteiger partial charge in [0.2, 0.25) is 10.0 Å². The Hall–Kier alpha value is -1.13. The van der Waals surface area contributed by atoms with Crippen molar-refractivity contribution in [2.75, 3.05) is 19.6 Å². The zero-order valence-corrected chi connectivity index (χ0v) is 11.8. The van der Waals surface area contributed by atoms with Crippen molar-refractivity contribution < 1.29 is 21.6 Å². The molecule has 0 aliphatic heterocycles. The third kappa shape index (κ3) is 4.46. The van der Waals surface area contributed by atoms with Gasteiger partial charge in [-0.2, -0.15) is 22.6 Å². The van der Waals surface area contributed by atoms with E-state index in [-0.39, 0.29) is 11.4 Å². The predicted molar refractivity (Wildman–Crippen MR) is 66.4 cm³/mol. The van der Waals surface area contributed by atoms with Gasteiger partial charge in [-0.3, -0.25) is 4.68 Å². The van der Waals surface area contributed by atoms with Gasteiger partial charge in [-0.25, -0.2) is 8.42 Å². The van der Waals surface area contributed by atoms with Gasteiger partial charge in [-0.05, 0) is 13.0 Å². The van der Waals surface area contributed by atoms with Crippen LogP contribution in [0.3, 0.4) is 0 Å². The molecule has 0 fully saturated rings. The van der Waals surface area contributed by atoms with Gasteiger partial charge in [0.05, 0.1) is 6.20 Å². The molecule has 0 amide bonds. The van der Waals surface area contributed by atoms with Gasteiger partial charge in [0.1, 0.15) is 11.4 Å². The molecule has 1 heterocycles. The Kier molecular flexibility index (Phi) is 5.54. The van der Waals surface area contributed by atoms with Crippen molar-refractivity contribution in [1.29, 1.82) is 0 Å². The summed E-state index contributed by atoms with van der Waals surface area (Å²) in [7, 11) is -4.19. The fourth-order valence-electron chi connectivity index (χ4n) is 1.57. The lowest BCUT2D eigenvalue weighted by atomic mass is 10.4. The van der Waals surface area contributed by atoms with E-state index < -0.39 is 22.7 Å². The van der Waals surface area contributed by atoms with Crippen LogP contribution in [0.4, 0.5) is 13.2 Å². The molecule has 2 N–H and O–H groups in total. The molecular weight excluding hydrogens is 297 g/mol. The van der Waals surface area contributed by atoms with Crippen molar-refractivity contribution in [2.45, 2.75) is 31.0 Å². The Labute approximate surface area is 115 Å². The number of hydrogen-bond donors (Lipinski definition) is 1. The Morgan fingerprint density at radius 2 is 2.10 bits per heavy atom. The maximum Gasteiger partial charge on any atom is 0.402 e. The van der Waals surface area contributed by atoms with Crippen molar-refractivity contribution in [1.82, 2.24) is 14.1 Å². The van der Waals surface area contributed by atoms with E-state index in [1.54, 1.807) is 0 Å². The van der Waals surface area contributed by atoms with E-state index in [0.29, 0.717) is 23.8 Å². The maximum atomic E-state index is 12.4. The summed E-state index contributed by atoms with van der Waals surface area (Å²) in [6.07, 6.45) is -1.73. The van der Waals surface area contributed by atoms with Gasteiger partial charge in [-0.15, -0.1) is 0 Å². The van der Waals surface area contributed by atoms with E-state index in [2.05, 4.69) is 5.10 Å². The molecule has 1 aromatic rings. The van der Waals surface area contributed by atoms with Crippen molar-refractivity contribution >= 4 is 10.0 Å². The first-order chi connectivity index (χ1) is 9.20.